The summed E-state index contributed by atoms with van der Waals surface area (Å²) in [4.78, 5) is 6.62. The molecule has 0 spiro atoms. The minimum atomic E-state index is -3.56. The molecule has 0 saturated carbocycles. The molecular weight excluding hydrogens is 405 g/mol. The molecular formula is C21H28FN5O2S. The molecule has 1 aliphatic heterocycles. The van der Waals surface area contributed by atoms with Crippen molar-refractivity contribution in [2.75, 3.05) is 40.3 Å². The van der Waals surface area contributed by atoms with Crippen molar-refractivity contribution in [3.8, 4) is 0 Å². The molecule has 0 amide bonds. The fraction of sp³-hybridized carbons (Fsp3) is 0.381. The number of halogens is 1. The summed E-state index contributed by atoms with van der Waals surface area (Å²) in [6.45, 7) is 3.20. The summed E-state index contributed by atoms with van der Waals surface area (Å²) < 4.78 is 40.9. The molecule has 0 radical (unpaired) electrons. The second-order valence-electron chi connectivity index (χ2n) is 7.22. The van der Waals surface area contributed by atoms with Gasteiger partial charge in [-0.25, -0.2) is 12.8 Å². The van der Waals surface area contributed by atoms with Crippen molar-refractivity contribution >= 4 is 16.0 Å². The summed E-state index contributed by atoms with van der Waals surface area (Å²) in [5.74, 6) is 0.255. The highest BCUT2D eigenvalue weighted by Crippen LogP contribution is 2.21. The summed E-state index contributed by atoms with van der Waals surface area (Å²) in [7, 11) is 0.0789. The maximum Gasteiger partial charge on any atom is 0.243 e. The summed E-state index contributed by atoms with van der Waals surface area (Å²) in [6, 6.07) is 13.3. The zero-order valence-electron chi connectivity index (χ0n) is 17.3. The molecule has 0 bridgehead atoms. The molecule has 1 heterocycles. The normalized spacial score (nSPS) is 16.4. The van der Waals surface area contributed by atoms with E-state index < -0.39 is 10.0 Å². The maximum absolute atomic E-state index is 13.2. The topological polar surface area (TPSA) is 77.0 Å². The van der Waals surface area contributed by atoms with Gasteiger partial charge in [-0.1, -0.05) is 30.3 Å². The van der Waals surface area contributed by atoms with Crippen molar-refractivity contribution in [1.29, 1.82) is 0 Å². The largest absolute Gasteiger partial charge is 0.352 e. The van der Waals surface area contributed by atoms with Gasteiger partial charge in [0.15, 0.2) is 5.96 Å². The van der Waals surface area contributed by atoms with Crippen LogP contribution in [-0.4, -0.2) is 63.9 Å². The van der Waals surface area contributed by atoms with Gasteiger partial charge in [0.25, 0.3) is 0 Å². The van der Waals surface area contributed by atoms with Crippen molar-refractivity contribution in [2.24, 2.45) is 4.99 Å². The molecule has 1 aliphatic rings. The summed E-state index contributed by atoms with van der Waals surface area (Å²) in [6.07, 6.45) is 0. The van der Waals surface area contributed by atoms with E-state index in [2.05, 4.69) is 20.5 Å². The van der Waals surface area contributed by atoms with E-state index in [1.165, 1.54) is 12.1 Å². The van der Waals surface area contributed by atoms with E-state index in [0.717, 1.165) is 18.7 Å². The zero-order chi connectivity index (χ0) is 21.6. The molecule has 1 saturated heterocycles. The van der Waals surface area contributed by atoms with Crippen LogP contribution in [-0.2, 0) is 23.1 Å². The van der Waals surface area contributed by atoms with Gasteiger partial charge in [-0.2, -0.15) is 4.31 Å². The number of likely N-dealkylation sites (N-methyl/N-ethyl adjacent to an activating group) is 1. The van der Waals surface area contributed by atoms with Gasteiger partial charge in [0.1, 0.15) is 5.82 Å². The zero-order valence-corrected chi connectivity index (χ0v) is 18.1. The number of piperazine rings is 1. The van der Waals surface area contributed by atoms with Crippen LogP contribution in [0.2, 0.25) is 0 Å². The van der Waals surface area contributed by atoms with Gasteiger partial charge in [0, 0.05) is 46.3 Å². The third kappa shape index (κ3) is 5.56. The van der Waals surface area contributed by atoms with E-state index in [4.69, 9.17) is 0 Å². The predicted molar refractivity (Wildman–Crippen MR) is 116 cm³/mol. The number of sulfonamides is 1. The number of nitrogens with one attached hydrogen (secondary N) is 2. The van der Waals surface area contributed by atoms with E-state index in [1.54, 1.807) is 35.6 Å². The monoisotopic (exact) mass is 433 g/mol. The second kappa shape index (κ2) is 10.0. The first-order chi connectivity index (χ1) is 14.4. The van der Waals surface area contributed by atoms with Gasteiger partial charge in [-0.05, 0) is 36.4 Å². The fourth-order valence-corrected chi connectivity index (χ4v) is 4.90. The van der Waals surface area contributed by atoms with Gasteiger partial charge < -0.3 is 15.5 Å². The highest BCUT2D eigenvalue weighted by molar-refractivity contribution is 7.89. The van der Waals surface area contributed by atoms with Gasteiger partial charge in [0.2, 0.25) is 10.0 Å². The molecule has 0 unspecified atom stereocenters. The van der Waals surface area contributed by atoms with Gasteiger partial charge in [-0.3, -0.25) is 4.99 Å². The lowest BCUT2D eigenvalue weighted by molar-refractivity contribution is 0.222. The molecule has 0 aliphatic carbocycles. The lowest BCUT2D eigenvalue weighted by Gasteiger charge is -2.32. The Morgan fingerprint density at radius 1 is 1.00 bits per heavy atom. The molecule has 3 rings (SSSR count). The van der Waals surface area contributed by atoms with E-state index >= 15 is 0 Å². The van der Waals surface area contributed by atoms with Crippen LogP contribution in [0.1, 0.15) is 11.1 Å². The first-order valence-corrected chi connectivity index (χ1v) is 11.3. The lowest BCUT2D eigenvalue weighted by atomic mass is 10.2. The third-order valence-corrected chi connectivity index (χ3v) is 7.09. The molecule has 162 valence electrons. The third-order valence-electron chi connectivity index (χ3n) is 5.10. The molecule has 1 fully saturated rings. The van der Waals surface area contributed by atoms with Crippen LogP contribution < -0.4 is 10.6 Å². The Labute approximate surface area is 177 Å². The van der Waals surface area contributed by atoms with Crippen LogP contribution in [0.25, 0.3) is 0 Å². The van der Waals surface area contributed by atoms with Crippen LogP contribution in [0.4, 0.5) is 4.39 Å². The summed E-state index contributed by atoms with van der Waals surface area (Å²) >= 11 is 0. The van der Waals surface area contributed by atoms with Crippen molar-refractivity contribution in [3.05, 3.63) is 65.5 Å². The highest BCUT2D eigenvalue weighted by Gasteiger charge is 2.29. The Kier molecular flexibility index (Phi) is 7.41. The van der Waals surface area contributed by atoms with Crippen molar-refractivity contribution < 1.29 is 12.8 Å². The highest BCUT2D eigenvalue weighted by atomic mass is 32.2. The summed E-state index contributed by atoms with van der Waals surface area (Å²) in [5, 5.41) is 6.32. The average molecular weight is 434 g/mol. The molecule has 7 nitrogen and oxygen atoms in total. The van der Waals surface area contributed by atoms with E-state index in [9.17, 15) is 12.8 Å². The van der Waals surface area contributed by atoms with E-state index in [0.29, 0.717) is 42.6 Å². The number of hydrogen-bond acceptors (Lipinski definition) is 4. The van der Waals surface area contributed by atoms with Gasteiger partial charge in [0.05, 0.1) is 4.90 Å². The number of hydrogen-bond donors (Lipinski definition) is 2. The smallest absolute Gasteiger partial charge is 0.243 e. The number of guanidine groups is 1. The SMILES string of the molecule is CN=C(NCc1ccc(F)cc1)NCc1ccccc1S(=O)(=O)N1CCN(C)CC1. The lowest BCUT2D eigenvalue weighted by Crippen LogP contribution is -2.47. The number of benzene rings is 2. The Morgan fingerprint density at radius 3 is 2.30 bits per heavy atom. The Bertz CT molecular complexity index is 971. The number of rotatable bonds is 6. The molecule has 9 heteroatoms. The van der Waals surface area contributed by atoms with Crippen molar-refractivity contribution in [2.45, 2.75) is 18.0 Å². The number of nitrogens with zero attached hydrogens (tertiary/aromatic N) is 3. The van der Waals surface area contributed by atoms with Crippen LogP contribution in [0.15, 0.2) is 58.4 Å². The van der Waals surface area contributed by atoms with Gasteiger partial charge in [-0.15, -0.1) is 0 Å². The molecule has 2 aromatic carbocycles. The molecule has 0 atom stereocenters. The van der Waals surface area contributed by atoms with Crippen LogP contribution in [0.5, 0.6) is 0 Å². The molecule has 2 N–H and O–H groups in total. The predicted octanol–water partition coefficient (Wildman–Crippen LogP) is 1.63. The van der Waals surface area contributed by atoms with Crippen LogP contribution >= 0.6 is 0 Å². The first kappa shape index (κ1) is 22.2. The van der Waals surface area contributed by atoms with Crippen LogP contribution in [0, 0.1) is 5.82 Å². The summed E-state index contributed by atoms with van der Waals surface area (Å²) in [5.41, 5.74) is 1.60. The first-order valence-electron chi connectivity index (χ1n) is 9.85. The average Bonchev–Trinajstić information content (AvgIpc) is 2.75. The Hall–Kier alpha value is -2.49. The fourth-order valence-electron chi connectivity index (χ4n) is 3.26. The van der Waals surface area contributed by atoms with Crippen molar-refractivity contribution in [3.63, 3.8) is 0 Å². The molecule has 0 aromatic heterocycles. The van der Waals surface area contributed by atoms with Gasteiger partial charge >= 0.3 is 0 Å². The quantitative estimate of drug-likeness (QED) is 0.535. The standard InChI is InChI=1S/C21H28FN5O2S/c1-23-21(24-15-17-7-9-19(22)10-8-17)25-16-18-5-3-4-6-20(18)30(28,29)27-13-11-26(2)12-14-27/h3-10H,11-16H2,1-2H3,(H2,23,24,25). The Balaban J connectivity index is 1.66. The van der Waals surface area contributed by atoms with Crippen molar-refractivity contribution in [1.82, 2.24) is 19.8 Å². The molecule has 2 aromatic rings. The minimum absolute atomic E-state index is 0.278. The van der Waals surface area contributed by atoms with E-state index in [1.807, 2.05) is 19.2 Å². The maximum atomic E-state index is 13.2. The minimum Gasteiger partial charge on any atom is -0.352 e. The second-order valence-corrected chi connectivity index (χ2v) is 9.13. The molecule has 30 heavy (non-hydrogen) atoms. The Morgan fingerprint density at radius 2 is 1.63 bits per heavy atom. The number of aliphatic imine (C=N–C) groups is 1. The van der Waals surface area contributed by atoms with Crippen LogP contribution in [0.3, 0.4) is 0 Å². The van der Waals surface area contributed by atoms with E-state index in [-0.39, 0.29) is 5.82 Å².